The van der Waals surface area contributed by atoms with Crippen molar-refractivity contribution in [3.63, 3.8) is 0 Å². The molecule has 0 bridgehead atoms. The first-order chi connectivity index (χ1) is 9.42. The van der Waals surface area contributed by atoms with Crippen LogP contribution in [0.25, 0.3) is 0 Å². The molecule has 0 saturated heterocycles. The average Bonchev–Trinajstić information content (AvgIpc) is 2.87. The maximum absolute atomic E-state index is 12.1. The van der Waals surface area contributed by atoms with Crippen LogP contribution in [0.2, 0.25) is 5.02 Å². The summed E-state index contributed by atoms with van der Waals surface area (Å²) in [6, 6.07) is 4.39. The highest BCUT2D eigenvalue weighted by molar-refractivity contribution is 9.10. The SMILES string of the molecule is CCc1cnc(CNS(=O)(=O)c2ccc(Cl)c(Br)c2)o1. The molecule has 0 atom stereocenters. The zero-order chi connectivity index (χ0) is 14.8. The molecule has 0 aliphatic carbocycles. The highest BCUT2D eigenvalue weighted by Crippen LogP contribution is 2.25. The van der Waals surface area contributed by atoms with Crippen molar-refractivity contribution >= 4 is 37.6 Å². The predicted octanol–water partition coefficient (Wildman–Crippen LogP) is 3.13. The summed E-state index contributed by atoms with van der Waals surface area (Å²) >= 11 is 9.03. The number of benzene rings is 1. The van der Waals surface area contributed by atoms with Gasteiger partial charge in [-0.05, 0) is 34.1 Å². The third-order valence-electron chi connectivity index (χ3n) is 2.56. The number of nitrogens with zero attached hydrogens (tertiary/aromatic N) is 1. The van der Waals surface area contributed by atoms with Gasteiger partial charge in [0.15, 0.2) is 0 Å². The summed E-state index contributed by atoms with van der Waals surface area (Å²) in [4.78, 5) is 4.11. The summed E-state index contributed by atoms with van der Waals surface area (Å²) in [5.74, 6) is 1.05. The van der Waals surface area contributed by atoms with Gasteiger partial charge in [0, 0.05) is 10.9 Å². The molecule has 1 aromatic heterocycles. The van der Waals surface area contributed by atoms with Crippen molar-refractivity contribution in [3.8, 4) is 0 Å². The molecule has 0 unspecified atom stereocenters. The van der Waals surface area contributed by atoms with Gasteiger partial charge in [0.05, 0.1) is 22.7 Å². The van der Waals surface area contributed by atoms with E-state index < -0.39 is 10.0 Å². The van der Waals surface area contributed by atoms with Gasteiger partial charge >= 0.3 is 0 Å². The van der Waals surface area contributed by atoms with Crippen molar-refractivity contribution in [2.45, 2.75) is 24.8 Å². The summed E-state index contributed by atoms with van der Waals surface area (Å²) < 4.78 is 32.5. The number of oxazole rings is 1. The van der Waals surface area contributed by atoms with Gasteiger partial charge in [-0.25, -0.2) is 18.1 Å². The second-order valence-electron chi connectivity index (χ2n) is 3.97. The Morgan fingerprint density at radius 2 is 2.20 bits per heavy atom. The third kappa shape index (κ3) is 3.60. The summed E-state index contributed by atoms with van der Waals surface area (Å²) in [6.45, 7) is 1.93. The molecule has 0 spiro atoms. The second kappa shape index (κ2) is 6.26. The van der Waals surface area contributed by atoms with Crippen LogP contribution in [0.1, 0.15) is 18.6 Å². The standard InChI is InChI=1S/C12H12BrClN2O3S/c1-2-8-6-15-12(19-8)7-16-20(17,18)9-3-4-11(14)10(13)5-9/h3-6,16H,2,7H2,1H3. The Morgan fingerprint density at radius 1 is 1.45 bits per heavy atom. The first-order valence-corrected chi connectivity index (χ1v) is 8.46. The highest BCUT2D eigenvalue weighted by Gasteiger charge is 2.16. The smallest absolute Gasteiger partial charge is 0.241 e. The fourth-order valence-corrected chi connectivity index (χ4v) is 3.13. The van der Waals surface area contributed by atoms with E-state index in [1.807, 2.05) is 6.92 Å². The minimum absolute atomic E-state index is 0.00256. The van der Waals surface area contributed by atoms with Crippen LogP contribution in [0.4, 0.5) is 0 Å². The van der Waals surface area contributed by atoms with E-state index in [2.05, 4.69) is 25.6 Å². The van der Waals surface area contributed by atoms with E-state index in [-0.39, 0.29) is 11.4 Å². The number of sulfonamides is 1. The third-order valence-corrected chi connectivity index (χ3v) is 5.18. The molecule has 1 aromatic carbocycles. The fraction of sp³-hybridized carbons (Fsp3) is 0.250. The molecule has 2 aromatic rings. The van der Waals surface area contributed by atoms with E-state index in [1.165, 1.54) is 18.2 Å². The molecule has 8 heteroatoms. The number of nitrogens with one attached hydrogen (secondary N) is 1. The quantitative estimate of drug-likeness (QED) is 0.866. The average molecular weight is 380 g/mol. The molecule has 0 saturated carbocycles. The molecule has 5 nitrogen and oxygen atoms in total. The number of rotatable bonds is 5. The van der Waals surface area contributed by atoms with Gasteiger partial charge in [0.2, 0.25) is 15.9 Å². The minimum atomic E-state index is -3.63. The van der Waals surface area contributed by atoms with E-state index in [0.29, 0.717) is 27.6 Å². The van der Waals surface area contributed by atoms with Crippen LogP contribution in [0.3, 0.4) is 0 Å². The summed E-state index contributed by atoms with van der Waals surface area (Å²) in [7, 11) is -3.63. The van der Waals surface area contributed by atoms with Crippen LogP contribution in [0.15, 0.2) is 38.2 Å². The molecule has 20 heavy (non-hydrogen) atoms. The minimum Gasteiger partial charge on any atom is -0.444 e. The molecule has 0 aliphatic rings. The number of hydrogen-bond donors (Lipinski definition) is 1. The first kappa shape index (κ1) is 15.5. The van der Waals surface area contributed by atoms with E-state index >= 15 is 0 Å². The molecular formula is C12H12BrClN2O3S. The van der Waals surface area contributed by atoms with Gasteiger partial charge in [0.1, 0.15) is 5.76 Å². The molecule has 0 radical (unpaired) electrons. The van der Waals surface area contributed by atoms with Crippen LogP contribution < -0.4 is 4.72 Å². The molecule has 1 heterocycles. The maximum atomic E-state index is 12.1. The van der Waals surface area contributed by atoms with Crippen molar-refractivity contribution in [1.82, 2.24) is 9.71 Å². The van der Waals surface area contributed by atoms with Crippen LogP contribution in [-0.2, 0) is 23.0 Å². The number of aromatic nitrogens is 1. The van der Waals surface area contributed by atoms with Gasteiger partial charge in [-0.1, -0.05) is 18.5 Å². The maximum Gasteiger partial charge on any atom is 0.241 e. The number of halogens is 2. The predicted molar refractivity (Wildman–Crippen MR) is 79.1 cm³/mol. The molecule has 108 valence electrons. The van der Waals surface area contributed by atoms with E-state index in [9.17, 15) is 8.42 Å². The zero-order valence-electron chi connectivity index (χ0n) is 10.6. The topological polar surface area (TPSA) is 72.2 Å². The Bertz CT molecular complexity index is 715. The van der Waals surface area contributed by atoms with Gasteiger partial charge in [-0.15, -0.1) is 0 Å². The molecule has 0 fully saturated rings. The van der Waals surface area contributed by atoms with Crippen molar-refractivity contribution in [3.05, 3.63) is 45.5 Å². The van der Waals surface area contributed by atoms with Crippen molar-refractivity contribution in [2.75, 3.05) is 0 Å². The van der Waals surface area contributed by atoms with Crippen molar-refractivity contribution in [1.29, 1.82) is 0 Å². The Labute approximate surface area is 130 Å². The molecule has 2 rings (SSSR count). The lowest BCUT2D eigenvalue weighted by molar-refractivity contribution is 0.452. The van der Waals surface area contributed by atoms with Crippen molar-refractivity contribution in [2.24, 2.45) is 0 Å². The monoisotopic (exact) mass is 378 g/mol. The largest absolute Gasteiger partial charge is 0.444 e. The molecule has 0 amide bonds. The Kier molecular flexibility index (Phi) is 4.85. The van der Waals surface area contributed by atoms with Gasteiger partial charge in [-0.2, -0.15) is 0 Å². The van der Waals surface area contributed by atoms with Gasteiger partial charge in [0.25, 0.3) is 0 Å². The van der Waals surface area contributed by atoms with Gasteiger partial charge in [-0.3, -0.25) is 0 Å². The number of hydrogen-bond acceptors (Lipinski definition) is 4. The Hall–Kier alpha value is -0.890. The van der Waals surface area contributed by atoms with Crippen LogP contribution >= 0.6 is 27.5 Å². The fourth-order valence-electron chi connectivity index (χ4n) is 1.48. The van der Waals surface area contributed by atoms with Gasteiger partial charge < -0.3 is 4.42 Å². The summed E-state index contributed by atoms with van der Waals surface area (Å²) in [5, 5.41) is 0.448. The van der Waals surface area contributed by atoms with E-state index in [4.69, 9.17) is 16.0 Å². The van der Waals surface area contributed by atoms with E-state index in [1.54, 1.807) is 6.20 Å². The molecule has 1 N–H and O–H groups in total. The normalized spacial score (nSPS) is 11.8. The lowest BCUT2D eigenvalue weighted by atomic mass is 10.4. The molecule has 0 aliphatic heterocycles. The Morgan fingerprint density at radius 3 is 2.80 bits per heavy atom. The first-order valence-electron chi connectivity index (χ1n) is 5.80. The summed E-state index contributed by atoms with van der Waals surface area (Å²) in [6.07, 6.45) is 2.30. The van der Waals surface area contributed by atoms with Crippen LogP contribution in [0.5, 0.6) is 0 Å². The van der Waals surface area contributed by atoms with Crippen LogP contribution in [0, 0.1) is 0 Å². The molecular weight excluding hydrogens is 368 g/mol. The highest BCUT2D eigenvalue weighted by atomic mass is 79.9. The van der Waals surface area contributed by atoms with Crippen LogP contribution in [-0.4, -0.2) is 13.4 Å². The summed E-state index contributed by atoms with van der Waals surface area (Å²) in [5.41, 5.74) is 0. The lowest BCUT2D eigenvalue weighted by Crippen LogP contribution is -2.23. The lowest BCUT2D eigenvalue weighted by Gasteiger charge is -2.06. The Balaban J connectivity index is 2.12. The van der Waals surface area contributed by atoms with E-state index in [0.717, 1.165) is 0 Å². The van der Waals surface area contributed by atoms with Crippen molar-refractivity contribution < 1.29 is 12.8 Å². The second-order valence-corrected chi connectivity index (χ2v) is 7.00. The zero-order valence-corrected chi connectivity index (χ0v) is 13.7. The number of aryl methyl sites for hydroxylation is 1.